The van der Waals surface area contributed by atoms with E-state index in [1.807, 2.05) is 11.4 Å². The molecule has 0 fully saturated rings. The van der Waals surface area contributed by atoms with Gasteiger partial charge in [0, 0.05) is 12.1 Å². The van der Waals surface area contributed by atoms with Gasteiger partial charge < -0.3 is 10.7 Å². The highest BCUT2D eigenvalue weighted by molar-refractivity contribution is 7.80. The largest absolute Gasteiger partial charge is 0.358 e. The highest BCUT2D eigenvalue weighted by Gasteiger charge is 2.00. The summed E-state index contributed by atoms with van der Waals surface area (Å²) in [4.78, 5) is 0. The third-order valence-corrected chi connectivity index (χ3v) is 2.78. The third kappa shape index (κ3) is 2.60. The first-order valence-corrected chi connectivity index (χ1v) is 4.87. The van der Waals surface area contributed by atoms with Crippen LogP contribution in [0.2, 0.25) is 4.34 Å². The molecule has 0 aromatic carbocycles. The van der Waals surface area contributed by atoms with Crippen LogP contribution in [0.3, 0.4) is 0 Å². The molecule has 0 saturated heterocycles. The fraction of sp³-hybridized carbons (Fsp3) is 0.167. The van der Waals surface area contributed by atoms with Gasteiger partial charge in [-0.2, -0.15) is 0 Å². The Morgan fingerprint density at radius 3 is 3.00 bits per heavy atom. The second-order valence-electron chi connectivity index (χ2n) is 2.05. The van der Waals surface area contributed by atoms with Crippen LogP contribution in [0.4, 0.5) is 0 Å². The van der Waals surface area contributed by atoms with E-state index >= 15 is 0 Å². The molecule has 0 saturated carbocycles. The minimum Gasteiger partial charge on any atom is -0.358 e. The second kappa shape index (κ2) is 4.61. The zero-order valence-electron chi connectivity index (χ0n) is 6.13. The molecule has 12 heavy (non-hydrogen) atoms. The molecule has 0 radical (unpaired) electrons. The van der Waals surface area contributed by atoms with Gasteiger partial charge in [-0.1, -0.05) is 11.6 Å². The van der Waals surface area contributed by atoms with Crippen molar-refractivity contribution >= 4 is 40.3 Å². The van der Waals surface area contributed by atoms with Crippen LogP contribution in [0.1, 0.15) is 5.56 Å². The summed E-state index contributed by atoms with van der Waals surface area (Å²) < 4.78 is 0.780. The number of thiocarbonyl (C=S) groups is 1. The summed E-state index contributed by atoms with van der Waals surface area (Å²) >= 11 is 12.1. The highest BCUT2D eigenvalue weighted by Crippen LogP contribution is 2.22. The number of halogens is 1. The van der Waals surface area contributed by atoms with E-state index in [0.717, 1.165) is 9.90 Å². The van der Waals surface area contributed by atoms with Crippen LogP contribution in [-0.2, 0) is 6.54 Å². The summed E-state index contributed by atoms with van der Waals surface area (Å²) in [7, 11) is 0. The minimum atomic E-state index is 0.414. The van der Waals surface area contributed by atoms with Gasteiger partial charge in [-0.15, -0.1) is 11.3 Å². The number of hydrazine groups is 1. The van der Waals surface area contributed by atoms with Gasteiger partial charge in [0.25, 0.3) is 0 Å². The van der Waals surface area contributed by atoms with E-state index < -0.39 is 0 Å². The number of rotatable bonds is 2. The minimum absolute atomic E-state index is 0.414. The van der Waals surface area contributed by atoms with Crippen LogP contribution < -0.4 is 16.6 Å². The average Bonchev–Trinajstić information content (AvgIpc) is 2.47. The highest BCUT2D eigenvalue weighted by atomic mass is 35.5. The SMILES string of the molecule is NNC(=S)NCc1ccsc1Cl. The van der Waals surface area contributed by atoms with Gasteiger partial charge in [0.2, 0.25) is 0 Å². The van der Waals surface area contributed by atoms with Crippen LogP contribution in [-0.4, -0.2) is 5.11 Å². The molecule has 1 rings (SSSR count). The summed E-state index contributed by atoms with van der Waals surface area (Å²) in [6, 6.07) is 1.94. The van der Waals surface area contributed by atoms with Crippen LogP contribution >= 0.6 is 35.2 Å². The molecule has 0 aliphatic carbocycles. The Bertz CT molecular complexity index is 274. The maximum atomic E-state index is 5.85. The topological polar surface area (TPSA) is 50.1 Å². The predicted octanol–water partition coefficient (Wildman–Crippen LogP) is 1.24. The van der Waals surface area contributed by atoms with Crippen molar-refractivity contribution in [3.05, 3.63) is 21.3 Å². The van der Waals surface area contributed by atoms with Crippen molar-refractivity contribution in [1.29, 1.82) is 0 Å². The monoisotopic (exact) mass is 221 g/mol. The quantitative estimate of drug-likeness (QED) is 0.400. The molecule has 0 aliphatic rings. The molecule has 0 amide bonds. The first-order valence-electron chi connectivity index (χ1n) is 3.20. The standard InChI is InChI=1S/C6H8ClN3S2/c7-5-4(1-2-12-5)3-9-6(11)10-8/h1-2H,3,8H2,(H2,9,10,11). The van der Waals surface area contributed by atoms with Gasteiger partial charge in [-0.3, -0.25) is 0 Å². The molecule has 3 nitrogen and oxygen atoms in total. The maximum Gasteiger partial charge on any atom is 0.180 e. The van der Waals surface area contributed by atoms with E-state index in [2.05, 4.69) is 10.7 Å². The lowest BCUT2D eigenvalue weighted by molar-refractivity contribution is 0.869. The first kappa shape index (κ1) is 9.73. The van der Waals surface area contributed by atoms with E-state index in [1.165, 1.54) is 11.3 Å². The van der Waals surface area contributed by atoms with E-state index in [0.29, 0.717) is 11.7 Å². The lowest BCUT2D eigenvalue weighted by Crippen LogP contribution is -2.39. The van der Waals surface area contributed by atoms with Gasteiger partial charge in [0.05, 0.1) is 4.34 Å². The summed E-state index contributed by atoms with van der Waals surface area (Å²) in [5.41, 5.74) is 3.35. The lowest BCUT2D eigenvalue weighted by Gasteiger charge is -2.04. The van der Waals surface area contributed by atoms with Crippen molar-refractivity contribution in [2.24, 2.45) is 5.84 Å². The summed E-state index contributed by atoms with van der Waals surface area (Å²) in [6.45, 7) is 0.603. The summed E-state index contributed by atoms with van der Waals surface area (Å²) in [5, 5.41) is 5.24. The Morgan fingerprint density at radius 2 is 2.50 bits per heavy atom. The van der Waals surface area contributed by atoms with Crippen LogP contribution in [0.15, 0.2) is 11.4 Å². The van der Waals surface area contributed by atoms with Gasteiger partial charge in [-0.25, -0.2) is 5.84 Å². The molecule has 0 aliphatic heterocycles. The van der Waals surface area contributed by atoms with E-state index in [1.54, 1.807) is 0 Å². The van der Waals surface area contributed by atoms with Gasteiger partial charge in [-0.05, 0) is 23.7 Å². The molecule has 1 heterocycles. The number of nitrogens with one attached hydrogen (secondary N) is 2. The zero-order valence-corrected chi connectivity index (χ0v) is 8.52. The van der Waals surface area contributed by atoms with Crippen molar-refractivity contribution in [3.8, 4) is 0 Å². The van der Waals surface area contributed by atoms with E-state index in [9.17, 15) is 0 Å². The molecule has 0 atom stereocenters. The van der Waals surface area contributed by atoms with Crippen molar-refractivity contribution in [2.45, 2.75) is 6.54 Å². The maximum absolute atomic E-state index is 5.85. The molecular weight excluding hydrogens is 214 g/mol. The van der Waals surface area contributed by atoms with Crippen molar-refractivity contribution in [3.63, 3.8) is 0 Å². The van der Waals surface area contributed by atoms with Gasteiger partial charge in [0.1, 0.15) is 0 Å². The zero-order chi connectivity index (χ0) is 8.97. The summed E-state index contributed by atoms with van der Waals surface area (Å²) in [6.07, 6.45) is 0. The summed E-state index contributed by atoms with van der Waals surface area (Å²) in [5.74, 6) is 5.07. The third-order valence-electron chi connectivity index (χ3n) is 1.26. The molecule has 0 spiro atoms. The molecule has 1 aromatic heterocycles. The van der Waals surface area contributed by atoms with Crippen LogP contribution in [0, 0.1) is 0 Å². The van der Waals surface area contributed by atoms with Crippen molar-refractivity contribution < 1.29 is 0 Å². The number of nitrogens with two attached hydrogens (primary N) is 1. The normalized spacial score (nSPS) is 9.50. The molecule has 1 aromatic rings. The number of thiophene rings is 1. The van der Waals surface area contributed by atoms with Crippen molar-refractivity contribution in [1.82, 2.24) is 10.7 Å². The predicted molar refractivity (Wildman–Crippen MR) is 56.1 cm³/mol. The Balaban J connectivity index is 2.43. The van der Waals surface area contributed by atoms with Crippen LogP contribution in [0.25, 0.3) is 0 Å². The van der Waals surface area contributed by atoms with E-state index in [-0.39, 0.29) is 0 Å². The van der Waals surface area contributed by atoms with Gasteiger partial charge in [0.15, 0.2) is 5.11 Å². The molecule has 6 heteroatoms. The number of hydrogen-bond acceptors (Lipinski definition) is 3. The molecule has 0 unspecified atom stereocenters. The average molecular weight is 222 g/mol. The van der Waals surface area contributed by atoms with Gasteiger partial charge >= 0.3 is 0 Å². The van der Waals surface area contributed by atoms with Crippen LogP contribution in [0.5, 0.6) is 0 Å². The van der Waals surface area contributed by atoms with Crippen molar-refractivity contribution in [2.75, 3.05) is 0 Å². The first-order chi connectivity index (χ1) is 5.74. The Hall–Kier alpha value is -0.360. The molecule has 0 bridgehead atoms. The second-order valence-corrected chi connectivity index (χ2v) is 3.97. The fourth-order valence-corrected chi connectivity index (χ4v) is 1.67. The molecule has 66 valence electrons. The number of hydrogen-bond donors (Lipinski definition) is 3. The Morgan fingerprint density at radius 1 is 1.75 bits per heavy atom. The smallest absolute Gasteiger partial charge is 0.180 e. The lowest BCUT2D eigenvalue weighted by atomic mass is 10.3. The van der Waals surface area contributed by atoms with E-state index in [4.69, 9.17) is 29.7 Å². The molecular formula is C6H8ClN3S2. The Labute approximate surface area is 84.9 Å². The Kier molecular flexibility index (Phi) is 3.74. The fourth-order valence-electron chi connectivity index (χ4n) is 0.672. The molecule has 4 N–H and O–H groups in total.